The average Bonchev–Trinajstić information content (AvgIpc) is 2.88. The van der Waals surface area contributed by atoms with Crippen molar-refractivity contribution in [1.82, 2.24) is 19.7 Å². The standard InChI is InChI=1S/C12H19N5O/c1-16(11(18)12(8-13)4-5-12)7-10-15-14-9-3-2-6-17(9)10/h2-8,13H2,1H3. The van der Waals surface area contributed by atoms with E-state index < -0.39 is 0 Å². The SMILES string of the molecule is CN(Cc1nnc2n1CCC2)C(=O)C1(CN)CC1. The summed E-state index contributed by atoms with van der Waals surface area (Å²) in [7, 11) is 1.83. The normalized spacial score (nSPS) is 19.7. The lowest BCUT2D eigenvalue weighted by molar-refractivity contribution is -0.136. The molecule has 0 spiro atoms. The topological polar surface area (TPSA) is 77.0 Å². The maximum atomic E-state index is 12.3. The minimum absolute atomic E-state index is 0.153. The Hall–Kier alpha value is -1.43. The maximum absolute atomic E-state index is 12.3. The highest BCUT2D eigenvalue weighted by Gasteiger charge is 2.49. The Bertz CT molecular complexity index is 477. The highest BCUT2D eigenvalue weighted by molar-refractivity contribution is 5.85. The number of hydrogen-bond acceptors (Lipinski definition) is 4. The molecule has 18 heavy (non-hydrogen) atoms. The number of aromatic nitrogens is 3. The molecule has 3 rings (SSSR count). The van der Waals surface area contributed by atoms with E-state index in [1.54, 1.807) is 4.90 Å². The van der Waals surface area contributed by atoms with Gasteiger partial charge in [-0.2, -0.15) is 0 Å². The molecule has 6 heteroatoms. The third-order valence-corrected chi connectivity index (χ3v) is 4.11. The quantitative estimate of drug-likeness (QED) is 0.809. The lowest BCUT2D eigenvalue weighted by Crippen LogP contribution is -2.38. The van der Waals surface area contributed by atoms with E-state index in [1.165, 1.54) is 0 Å². The maximum Gasteiger partial charge on any atom is 0.230 e. The van der Waals surface area contributed by atoms with E-state index in [0.717, 1.165) is 43.9 Å². The van der Waals surface area contributed by atoms with Crippen LogP contribution in [0.3, 0.4) is 0 Å². The molecule has 0 unspecified atom stereocenters. The van der Waals surface area contributed by atoms with Gasteiger partial charge in [0.2, 0.25) is 5.91 Å². The molecule has 1 fully saturated rings. The zero-order chi connectivity index (χ0) is 12.8. The molecular weight excluding hydrogens is 230 g/mol. The first-order valence-electron chi connectivity index (χ1n) is 6.53. The zero-order valence-electron chi connectivity index (χ0n) is 10.7. The predicted octanol–water partition coefficient (Wildman–Crippen LogP) is -0.0784. The van der Waals surface area contributed by atoms with Crippen LogP contribution >= 0.6 is 0 Å². The molecule has 0 atom stereocenters. The molecule has 0 radical (unpaired) electrons. The number of amides is 1. The summed E-state index contributed by atoms with van der Waals surface area (Å²) < 4.78 is 2.13. The molecule has 1 aromatic rings. The van der Waals surface area contributed by atoms with E-state index >= 15 is 0 Å². The summed E-state index contributed by atoms with van der Waals surface area (Å²) in [5, 5.41) is 8.33. The second kappa shape index (κ2) is 4.05. The number of nitrogens with zero attached hydrogens (tertiary/aromatic N) is 4. The molecule has 6 nitrogen and oxygen atoms in total. The number of carbonyl (C=O) groups is 1. The molecule has 1 amide bonds. The molecular formula is C12H19N5O. The van der Waals surface area contributed by atoms with Gasteiger partial charge in [-0.05, 0) is 19.3 Å². The van der Waals surface area contributed by atoms with Gasteiger partial charge in [-0.3, -0.25) is 4.79 Å². The van der Waals surface area contributed by atoms with Crippen molar-refractivity contribution in [3.63, 3.8) is 0 Å². The monoisotopic (exact) mass is 249 g/mol. The number of rotatable bonds is 4. The van der Waals surface area contributed by atoms with Gasteiger partial charge in [0.1, 0.15) is 5.82 Å². The van der Waals surface area contributed by atoms with E-state index in [9.17, 15) is 4.79 Å². The third-order valence-electron chi connectivity index (χ3n) is 4.11. The van der Waals surface area contributed by atoms with Gasteiger partial charge >= 0.3 is 0 Å². The Morgan fingerprint density at radius 2 is 2.28 bits per heavy atom. The fourth-order valence-corrected chi connectivity index (χ4v) is 2.67. The van der Waals surface area contributed by atoms with Crippen molar-refractivity contribution in [2.24, 2.45) is 11.1 Å². The van der Waals surface area contributed by atoms with Gasteiger partial charge in [0.15, 0.2) is 5.82 Å². The lowest BCUT2D eigenvalue weighted by atomic mass is 10.1. The molecule has 1 aromatic heterocycles. The molecule has 0 saturated heterocycles. The molecule has 1 aliphatic carbocycles. The van der Waals surface area contributed by atoms with Crippen molar-refractivity contribution in [2.45, 2.75) is 38.8 Å². The first kappa shape index (κ1) is 11.6. The third kappa shape index (κ3) is 1.71. The minimum atomic E-state index is -0.275. The number of fused-ring (bicyclic) bond motifs is 1. The highest BCUT2D eigenvalue weighted by atomic mass is 16.2. The Morgan fingerprint density at radius 1 is 1.50 bits per heavy atom. The Kier molecular flexibility index (Phi) is 2.62. The number of hydrogen-bond donors (Lipinski definition) is 1. The van der Waals surface area contributed by atoms with Crippen LogP contribution in [0.25, 0.3) is 0 Å². The molecule has 2 heterocycles. The second-order valence-corrected chi connectivity index (χ2v) is 5.43. The van der Waals surface area contributed by atoms with Crippen molar-refractivity contribution in [1.29, 1.82) is 0 Å². The molecule has 1 saturated carbocycles. The largest absolute Gasteiger partial charge is 0.338 e. The summed E-state index contributed by atoms with van der Waals surface area (Å²) in [6, 6.07) is 0. The van der Waals surface area contributed by atoms with Crippen molar-refractivity contribution in [3.8, 4) is 0 Å². The van der Waals surface area contributed by atoms with Crippen LogP contribution in [0, 0.1) is 5.41 Å². The first-order valence-corrected chi connectivity index (χ1v) is 6.53. The van der Waals surface area contributed by atoms with Crippen LogP contribution in [0.15, 0.2) is 0 Å². The van der Waals surface area contributed by atoms with Gasteiger partial charge in [0.05, 0.1) is 12.0 Å². The Labute approximate surface area is 106 Å². The summed E-state index contributed by atoms with van der Waals surface area (Å²) in [5.74, 6) is 2.09. The van der Waals surface area contributed by atoms with Crippen molar-refractivity contribution in [2.75, 3.05) is 13.6 Å². The van der Waals surface area contributed by atoms with Gasteiger partial charge in [-0.1, -0.05) is 0 Å². The molecule has 2 N–H and O–H groups in total. The predicted molar refractivity (Wildman–Crippen MR) is 65.5 cm³/mol. The van der Waals surface area contributed by atoms with Gasteiger partial charge < -0.3 is 15.2 Å². The van der Waals surface area contributed by atoms with Crippen LogP contribution in [-0.2, 0) is 24.3 Å². The van der Waals surface area contributed by atoms with Gasteiger partial charge in [0.25, 0.3) is 0 Å². The van der Waals surface area contributed by atoms with Crippen molar-refractivity contribution >= 4 is 5.91 Å². The summed E-state index contributed by atoms with van der Waals surface area (Å²) in [4.78, 5) is 14.0. The molecule has 0 bridgehead atoms. The van der Waals surface area contributed by atoms with E-state index in [4.69, 9.17) is 5.73 Å². The van der Waals surface area contributed by atoms with Crippen molar-refractivity contribution < 1.29 is 4.79 Å². The smallest absolute Gasteiger partial charge is 0.230 e. The molecule has 98 valence electrons. The van der Waals surface area contributed by atoms with Crippen LogP contribution in [0.4, 0.5) is 0 Å². The molecule has 0 aromatic carbocycles. The zero-order valence-corrected chi connectivity index (χ0v) is 10.7. The van der Waals surface area contributed by atoms with E-state index in [-0.39, 0.29) is 11.3 Å². The molecule has 1 aliphatic heterocycles. The van der Waals surface area contributed by atoms with Gasteiger partial charge in [-0.25, -0.2) is 0 Å². The average molecular weight is 249 g/mol. The fourth-order valence-electron chi connectivity index (χ4n) is 2.67. The Morgan fingerprint density at radius 3 is 2.94 bits per heavy atom. The summed E-state index contributed by atoms with van der Waals surface area (Å²) in [5.41, 5.74) is 5.42. The van der Waals surface area contributed by atoms with Crippen LogP contribution < -0.4 is 5.73 Å². The van der Waals surface area contributed by atoms with Crippen LogP contribution in [0.1, 0.15) is 30.9 Å². The fraction of sp³-hybridized carbons (Fsp3) is 0.750. The van der Waals surface area contributed by atoms with Crippen LogP contribution in [0.5, 0.6) is 0 Å². The summed E-state index contributed by atoms with van der Waals surface area (Å²) >= 11 is 0. The van der Waals surface area contributed by atoms with Crippen LogP contribution in [0.2, 0.25) is 0 Å². The lowest BCUT2D eigenvalue weighted by Gasteiger charge is -2.22. The van der Waals surface area contributed by atoms with Crippen molar-refractivity contribution in [3.05, 3.63) is 11.6 Å². The second-order valence-electron chi connectivity index (χ2n) is 5.43. The summed E-state index contributed by atoms with van der Waals surface area (Å²) in [6.07, 6.45) is 3.97. The number of nitrogens with two attached hydrogens (primary N) is 1. The van der Waals surface area contributed by atoms with Gasteiger partial charge in [-0.15, -0.1) is 10.2 Å². The Balaban J connectivity index is 1.71. The van der Waals surface area contributed by atoms with Gasteiger partial charge in [0, 0.05) is 26.6 Å². The first-order chi connectivity index (χ1) is 8.66. The van der Waals surface area contributed by atoms with Crippen LogP contribution in [-0.4, -0.2) is 39.2 Å². The van der Waals surface area contributed by atoms with E-state index in [0.29, 0.717) is 13.1 Å². The number of carbonyl (C=O) groups excluding carboxylic acids is 1. The van der Waals surface area contributed by atoms with E-state index in [1.807, 2.05) is 7.05 Å². The molecule has 2 aliphatic rings. The highest BCUT2D eigenvalue weighted by Crippen LogP contribution is 2.46. The number of aryl methyl sites for hydroxylation is 1. The summed E-state index contributed by atoms with van der Waals surface area (Å²) in [6.45, 7) is 1.96. The minimum Gasteiger partial charge on any atom is -0.338 e. The van der Waals surface area contributed by atoms with E-state index in [2.05, 4.69) is 14.8 Å².